The third-order valence-corrected chi connectivity index (χ3v) is 7.57. The van der Waals surface area contributed by atoms with Crippen LogP contribution >= 0.6 is 11.6 Å². The van der Waals surface area contributed by atoms with Gasteiger partial charge in [0, 0.05) is 31.1 Å². The van der Waals surface area contributed by atoms with Crippen molar-refractivity contribution in [1.82, 2.24) is 10.2 Å². The minimum absolute atomic E-state index is 0.100. The van der Waals surface area contributed by atoms with Crippen molar-refractivity contribution in [2.45, 2.75) is 59.5 Å². The zero-order valence-electron chi connectivity index (χ0n) is 21.2. The van der Waals surface area contributed by atoms with Gasteiger partial charge in [0.15, 0.2) is 0 Å². The van der Waals surface area contributed by atoms with E-state index in [4.69, 9.17) is 11.6 Å². The van der Waals surface area contributed by atoms with Crippen LogP contribution in [0.2, 0.25) is 5.02 Å². The predicted octanol–water partition coefficient (Wildman–Crippen LogP) is 4.45. The second kappa shape index (κ2) is 12.9. The van der Waals surface area contributed by atoms with E-state index in [0.717, 1.165) is 23.8 Å². The average molecular weight is 522 g/mol. The Kier molecular flexibility index (Phi) is 10.6. The topological polar surface area (TPSA) is 86.8 Å². The van der Waals surface area contributed by atoms with E-state index in [9.17, 15) is 18.0 Å². The van der Waals surface area contributed by atoms with Gasteiger partial charge in [0.25, 0.3) is 0 Å². The molecule has 0 radical (unpaired) electrons. The number of nitrogens with zero attached hydrogens (tertiary/aromatic N) is 2. The van der Waals surface area contributed by atoms with Gasteiger partial charge in [0.2, 0.25) is 21.8 Å². The normalized spacial score (nSPS) is 12.2. The molecule has 0 fully saturated rings. The first-order chi connectivity index (χ1) is 16.5. The SMILES string of the molecule is CCCNC(=O)C(C)N(Cc1ccccc1C)C(=O)CCCN(c1cccc(Cl)c1C)S(C)(=O)=O. The lowest BCUT2D eigenvalue weighted by Gasteiger charge is -2.30. The minimum Gasteiger partial charge on any atom is -0.354 e. The third-order valence-electron chi connectivity index (χ3n) is 5.98. The molecule has 2 aromatic carbocycles. The summed E-state index contributed by atoms with van der Waals surface area (Å²) in [4.78, 5) is 27.6. The van der Waals surface area contributed by atoms with Gasteiger partial charge in [-0.3, -0.25) is 13.9 Å². The first kappa shape index (κ1) is 28.7. The molecule has 9 heteroatoms. The molecule has 2 amide bonds. The number of hydrogen-bond acceptors (Lipinski definition) is 4. The molecule has 192 valence electrons. The number of aryl methyl sites for hydroxylation is 1. The molecule has 0 aliphatic heterocycles. The van der Waals surface area contributed by atoms with Crippen molar-refractivity contribution in [2.75, 3.05) is 23.7 Å². The summed E-state index contributed by atoms with van der Waals surface area (Å²) in [5.41, 5.74) is 3.15. The molecule has 0 aliphatic rings. The second-order valence-corrected chi connectivity index (χ2v) is 11.1. The fourth-order valence-corrected chi connectivity index (χ4v) is 4.98. The lowest BCUT2D eigenvalue weighted by molar-refractivity contribution is -0.140. The van der Waals surface area contributed by atoms with Crippen LogP contribution in [0, 0.1) is 13.8 Å². The summed E-state index contributed by atoms with van der Waals surface area (Å²) in [5, 5.41) is 3.34. The molecule has 0 saturated heterocycles. The summed E-state index contributed by atoms with van der Waals surface area (Å²) in [6, 6.07) is 12.2. The number of amides is 2. The Labute approximate surface area is 214 Å². The molecular formula is C26H36ClN3O4S. The van der Waals surface area contributed by atoms with Crippen molar-refractivity contribution in [3.8, 4) is 0 Å². The molecule has 0 aromatic heterocycles. The summed E-state index contributed by atoms with van der Waals surface area (Å²) >= 11 is 6.20. The number of rotatable bonds is 12. The van der Waals surface area contributed by atoms with Crippen molar-refractivity contribution in [2.24, 2.45) is 0 Å². The van der Waals surface area contributed by atoms with E-state index in [1.54, 1.807) is 36.9 Å². The van der Waals surface area contributed by atoms with Crippen LogP contribution in [-0.2, 0) is 26.2 Å². The van der Waals surface area contributed by atoms with Crippen LogP contribution in [0.5, 0.6) is 0 Å². The number of halogens is 1. The third kappa shape index (κ3) is 7.97. The van der Waals surface area contributed by atoms with Crippen molar-refractivity contribution >= 4 is 39.1 Å². The molecule has 7 nitrogen and oxygen atoms in total. The highest BCUT2D eigenvalue weighted by Gasteiger charge is 2.27. The Balaban J connectivity index is 2.20. The summed E-state index contributed by atoms with van der Waals surface area (Å²) in [7, 11) is -3.58. The van der Waals surface area contributed by atoms with Crippen LogP contribution in [0.4, 0.5) is 5.69 Å². The Morgan fingerprint density at radius 3 is 2.40 bits per heavy atom. The first-order valence-corrected chi connectivity index (χ1v) is 14.0. The molecule has 0 bridgehead atoms. The van der Waals surface area contributed by atoms with Gasteiger partial charge in [-0.15, -0.1) is 0 Å². The smallest absolute Gasteiger partial charge is 0.242 e. The van der Waals surface area contributed by atoms with Crippen LogP contribution in [0.15, 0.2) is 42.5 Å². The fourth-order valence-electron chi connectivity index (χ4n) is 3.80. The van der Waals surface area contributed by atoms with Crippen LogP contribution in [0.3, 0.4) is 0 Å². The lowest BCUT2D eigenvalue weighted by Crippen LogP contribution is -2.48. The van der Waals surface area contributed by atoms with Crippen molar-refractivity contribution in [1.29, 1.82) is 0 Å². The molecule has 35 heavy (non-hydrogen) atoms. The standard InChI is InChI=1S/C26H36ClN3O4S/c1-6-16-28-26(32)21(4)29(18-22-12-8-7-11-19(22)2)25(31)15-10-17-30(35(5,33)34)24-14-9-13-23(27)20(24)3/h7-9,11-14,21H,6,10,15-18H2,1-5H3,(H,28,32). The monoisotopic (exact) mass is 521 g/mol. The molecule has 2 aromatic rings. The van der Waals surface area contributed by atoms with E-state index in [1.807, 2.05) is 38.1 Å². The number of carbonyl (C=O) groups excluding carboxylic acids is 2. The number of anilines is 1. The van der Waals surface area contributed by atoms with E-state index >= 15 is 0 Å². The Hall–Kier alpha value is -2.58. The van der Waals surface area contributed by atoms with Crippen LogP contribution in [0.1, 0.15) is 49.8 Å². The maximum Gasteiger partial charge on any atom is 0.242 e. The van der Waals surface area contributed by atoms with Crippen LogP contribution < -0.4 is 9.62 Å². The van der Waals surface area contributed by atoms with E-state index in [1.165, 1.54) is 4.31 Å². The molecule has 1 atom stereocenters. The highest BCUT2D eigenvalue weighted by Crippen LogP contribution is 2.28. The quantitative estimate of drug-likeness (QED) is 0.447. The lowest BCUT2D eigenvalue weighted by atomic mass is 10.1. The largest absolute Gasteiger partial charge is 0.354 e. The van der Waals surface area contributed by atoms with Gasteiger partial charge in [-0.05, 0) is 62.4 Å². The van der Waals surface area contributed by atoms with E-state index in [-0.39, 0.29) is 24.8 Å². The van der Waals surface area contributed by atoms with Gasteiger partial charge in [-0.25, -0.2) is 8.42 Å². The number of hydrogen-bond donors (Lipinski definition) is 1. The van der Waals surface area contributed by atoms with Gasteiger partial charge in [-0.1, -0.05) is 48.9 Å². The fraction of sp³-hybridized carbons (Fsp3) is 0.462. The van der Waals surface area contributed by atoms with Crippen molar-refractivity contribution < 1.29 is 18.0 Å². The van der Waals surface area contributed by atoms with Gasteiger partial charge < -0.3 is 10.2 Å². The zero-order valence-corrected chi connectivity index (χ0v) is 22.7. The average Bonchev–Trinajstić information content (AvgIpc) is 2.80. The molecule has 1 unspecified atom stereocenters. The summed E-state index contributed by atoms with van der Waals surface area (Å²) in [6.45, 7) is 8.39. The van der Waals surface area contributed by atoms with Gasteiger partial charge >= 0.3 is 0 Å². The number of nitrogens with one attached hydrogen (secondary N) is 1. The van der Waals surface area contributed by atoms with E-state index in [2.05, 4.69) is 5.32 Å². The molecular weight excluding hydrogens is 486 g/mol. The predicted molar refractivity (Wildman–Crippen MR) is 142 cm³/mol. The molecule has 0 aliphatic carbocycles. The number of sulfonamides is 1. The Morgan fingerprint density at radius 1 is 1.09 bits per heavy atom. The van der Waals surface area contributed by atoms with Gasteiger partial charge in [0.1, 0.15) is 6.04 Å². The summed E-state index contributed by atoms with van der Waals surface area (Å²) in [5.74, 6) is -0.412. The zero-order chi connectivity index (χ0) is 26.2. The van der Waals surface area contributed by atoms with Crippen molar-refractivity contribution in [3.05, 3.63) is 64.2 Å². The van der Waals surface area contributed by atoms with Crippen LogP contribution in [0.25, 0.3) is 0 Å². The van der Waals surface area contributed by atoms with Gasteiger partial charge in [0.05, 0.1) is 11.9 Å². The highest BCUT2D eigenvalue weighted by atomic mass is 35.5. The van der Waals surface area contributed by atoms with Crippen molar-refractivity contribution in [3.63, 3.8) is 0 Å². The number of carbonyl (C=O) groups is 2. The molecule has 1 N–H and O–H groups in total. The maximum absolute atomic E-state index is 13.3. The Morgan fingerprint density at radius 2 is 1.77 bits per heavy atom. The van der Waals surface area contributed by atoms with E-state index < -0.39 is 16.1 Å². The summed E-state index contributed by atoms with van der Waals surface area (Å²) < 4.78 is 26.3. The molecule has 0 saturated carbocycles. The molecule has 0 spiro atoms. The first-order valence-electron chi connectivity index (χ1n) is 11.8. The second-order valence-electron chi connectivity index (χ2n) is 8.74. The summed E-state index contributed by atoms with van der Waals surface area (Å²) in [6.07, 6.45) is 2.34. The number of benzene rings is 2. The Bertz CT molecular complexity index is 1140. The molecule has 2 rings (SSSR count). The van der Waals surface area contributed by atoms with Crippen LogP contribution in [-0.4, -0.2) is 50.5 Å². The van der Waals surface area contributed by atoms with E-state index in [0.29, 0.717) is 35.8 Å². The minimum atomic E-state index is -3.58. The highest BCUT2D eigenvalue weighted by molar-refractivity contribution is 7.92. The molecule has 0 heterocycles. The van der Waals surface area contributed by atoms with Gasteiger partial charge in [-0.2, -0.15) is 0 Å². The maximum atomic E-state index is 13.3.